The van der Waals surface area contributed by atoms with E-state index in [2.05, 4.69) is 21.7 Å². The minimum Gasteiger partial charge on any atom is -0.367 e. The van der Waals surface area contributed by atoms with Crippen molar-refractivity contribution >= 4 is 23.3 Å². The van der Waals surface area contributed by atoms with Crippen LogP contribution in [0.5, 0.6) is 0 Å². The molecule has 0 radical (unpaired) electrons. The summed E-state index contributed by atoms with van der Waals surface area (Å²) in [7, 11) is 0. The van der Waals surface area contributed by atoms with Gasteiger partial charge in [0.25, 0.3) is 0 Å². The lowest BCUT2D eigenvalue weighted by atomic mass is 9.74. The molecule has 1 aromatic heterocycles. The number of nitrogens with zero attached hydrogens (tertiary/aromatic N) is 2. The number of hydrogen-bond acceptors (Lipinski definition) is 4. The van der Waals surface area contributed by atoms with Gasteiger partial charge in [-0.05, 0) is 57.1 Å². The largest absolute Gasteiger partial charge is 0.367 e. The summed E-state index contributed by atoms with van der Waals surface area (Å²) >= 11 is 6.31. The van der Waals surface area contributed by atoms with E-state index in [9.17, 15) is 4.79 Å². The first-order chi connectivity index (χ1) is 11.5. The van der Waals surface area contributed by atoms with E-state index in [1.54, 1.807) is 6.20 Å². The lowest BCUT2D eigenvalue weighted by Gasteiger charge is -2.42. The average Bonchev–Trinajstić information content (AvgIpc) is 2.54. The van der Waals surface area contributed by atoms with Gasteiger partial charge in [0.15, 0.2) is 0 Å². The first kappa shape index (κ1) is 17.0. The van der Waals surface area contributed by atoms with Gasteiger partial charge in [0, 0.05) is 23.7 Å². The molecule has 0 spiro atoms. The molecule has 2 fully saturated rings. The third-order valence-corrected chi connectivity index (χ3v) is 5.75. The number of hydrogen-bond donors (Lipinski definition) is 2. The van der Waals surface area contributed by atoms with Crippen molar-refractivity contribution in [1.29, 1.82) is 5.26 Å². The van der Waals surface area contributed by atoms with Crippen LogP contribution in [0.3, 0.4) is 0 Å². The van der Waals surface area contributed by atoms with E-state index in [0.717, 1.165) is 31.2 Å². The number of amides is 1. The number of rotatable bonds is 3. The highest BCUT2D eigenvalue weighted by molar-refractivity contribution is 6.20. The summed E-state index contributed by atoms with van der Waals surface area (Å²) in [5, 5.41) is 15.7. The fourth-order valence-electron chi connectivity index (χ4n) is 3.90. The van der Waals surface area contributed by atoms with Crippen LogP contribution in [-0.4, -0.2) is 28.4 Å². The topological polar surface area (TPSA) is 77.8 Å². The van der Waals surface area contributed by atoms with Gasteiger partial charge in [0.2, 0.25) is 5.91 Å². The summed E-state index contributed by atoms with van der Waals surface area (Å²) in [6.45, 7) is 3.90. The molecule has 6 heteroatoms. The monoisotopic (exact) mass is 346 g/mol. The van der Waals surface area contributed by atoms with Crippen molar-refractivity contribution < 1.29 is 4.79 Å². The van der Waals surface area contributed by atoms with Gasteiger partial charge in [0.05, 0.1) is 11.5 Å². The van der Waals surface area contributed by atoms with Gasteiger partial charge in [-0.15, -0.1) is 11.6 Å². The van der Waals surface area contributed by atoms with Crippen LogP contribution < -0.4 is 10.6 Å². The zero-order valence-electron chi connectivity index (χ0n) is 14.1. The number of piperidine rings is 1. The predicted octanol–water partition coefficient (Wildman–Crippen LogP) is 2.97. The quantitative estimate of drug-likeness (QED) is 0.825. The highest BCUT2D eigenvalue weighted by Gasteiger charge is 2.40. The highest BCUT2D eigenvalue weighted by Crippen LogP contribution is 2.36. The Morgan fingerprint density at radius 3 is 2.96 bits per heavy atom. The summed E-state index contributed by atoms with van der Waals surface area (Å²) in [6.07, 6.45) is 5.37. The standard InChI is InChI=1S/C18H23ClN4O/c1-10-5-17(21-9-13(10)8-20)22-11(2)15-7-12-6-14(19)3-4-16(12)23-18(15)24/h5,9,11-12,14-16H,3-4,6-7H2,1-2H3,(H,21,22)(H,23,24)/t11-,12?,14?,15?,16?/m0/s1. The maximum atomic E-state index is 12.5. The Balaban J connectivity index is 1.68. The SMILES string of the molecule is Cc1cc(N[C@@H](C)C2CC3CC(Cl)CCC3NC2=O)ncc1C#N. The van der Waals surface area contributed by atoms with Crippen LogP contribution in [-0.2, 0) is 4.79 Å². The van der Waals surface area contributed by atoms with Crippen LogP contribution in [0, 0.1) is 30.1 Å². The number of carbonyl (C=O) groups is 1. The van der Waals surface area contributed by atoms with Crippen LogP contribution in [0.15, 0.2) is 12.3 Å². The molecule has 0 bridgehead atoms. The van der Waals surface area contributed by atoms with Crippen molar-refractivity contribution in [3.05, 3.63) is 23.4 Å². The summed E-state index contributed by atoms with van der Waals surface area (Å²) < 4.78 is 0. The number of aryl methyl sites for hydroxylation is 1. The number of nitrogens with one attached hydrogen (secondary N) is 2. The number of halogens is 1. The Kier molecular flexibility index (Phi) is 4.96. The molecule has 1 aliphatic heterocycles. The van der Waals surface area contributed by atoms with Gasteiger partial charge in [0.1, 0.15) is 11.9 Å². The van der Waals surface area contributed by atoms with Gasteiger partial charge < -0.3 is 10.6 Å². The molecule has 2 aliphatic rings. The maximum Gasteiger partial charge on any atom is 0.225 e. The van der Waals surface area contributed by atoms with Gasteiger partial charge in [-0.25, -0.2) is 4.98 Å². The maximum absolute atomic E-state index is 12.5. The van der Waals surface area contributed by atoms with Crippen molar-refractivity contribution in [3.63, 3.8) is 0 Å². The van der Waals surface area contributed by atoms with Crippen LogP contribution >= 0.6 is 11.6 Å². The number of aromatic nitrogens is 1. The molecule has 1 aromatic rings. The van der Waals surface area contributed by atoms with Crippen LogP contribution in [0.4, 0.5) is 5.82 Å². The molecule has 1 aliphatic carbocycles. The first-order valence-electron chi connectivity index (χ1n) is 8.55. The summed E-state index contributed by atoms with van der Waals surface area (Å²) in [5.74, 6) is 1.19. The number of anilines is 1. The molecule has 128 valence electrons. The van der Waals surface area contributed by atoms with E-state index < -0.39 is 0 Å². The van der Waals surface area contributed by atoms with Crippen molar-refractivity contribution in [2.75, 3.05) is 5.32 Å². The molecule has 5 nitrogen and oxygen atoms in total. The van der Waals surface area contributed by atoms with E-state index >= 15 is 0 Å². The van der Waals surface area contributed by atoms with Gasteiger partial charge in [-0.3, -0.25) is 4.79 Å². The fourth-order valence-corrected chi connectivity index (χ4v) is 4.25. The van der Waals surface area contributed by atoms with Crippen LogP contribution in [0.2, 0.25) is 0 Å². The summed E-state index contributed by atoms with van der Waals surface area (Å²) in [4.78, 5) is 16.8. The van der Waals surface area contributed by atoms with Gasteiger partial charge >= 0.3 is 0 Å². The molecule has 5 atom stereocenters. The number of carbonyl (C=O) groups excluding carboxylic acids is 1. The zero-order chi connectivity index (χ0) is 17.3. The minimum atomic E-state index is -0.0917. The summed E-state index contributed by atoms with van der Waals surface area (Å²) in [6, 6.07) is 4.23. The predicted molar refractivity (Wildman–Crippen MR) is 93.8 cm³/mol. The Morgan fingerprint density at radius 2 is 2.25 bits per heavy atom. The molecule has 1 saturated heterocycles. The number of nitriles is 1. The molecule has 2 N–H and O–H groups in total. The first-order valence-corrected chi connectivity index (χ1v) is 8.99. The number of fused-ring (bicyclic) bond motifs is 1. The van der Waals surface area contributed by atoms with E-state index in [4.69, 9.17) is 16.9 Å². The molecule has 3 rings (SSSR count). The average molecular weight is 347 g/mol. The Bertz CT molecular complexity index is 671. The van der Waals surface area contributed by atoms with Gasteiger partial charge in [-0.1, -0.05) is 0 Å². The highest BCUT2D eigenvalue weighted by atomic mass is 35.5. The van der Waals surface area contributed by atoms with E-state index in [1.165, 1.54) is 0 Å². The minimum absolute atomic E-state index is 0.0264. The molecular formula is C18H23ClN4O. The smallest absolute Gasteiger partial charge is 0.225 e. The third kappa shape index (κ3) is 3.49. The molecule has 24 heavy (non-hydrogen) atoms. The normalized spacial score (nSPS) is 30.7. The molecular weight excluding hydrogens is 324 g/mol. The second-order valence-corrected chi connectivity index (χ2v) is 7.67. The van der Waals surface area contributed by atoms with Crippen molar-refractivity contribution in [3.8, 4) is 6.07 Å². The van der Waals surface area contributed by atoms with E-state index in [-0.39, 0.29) is 29.3 Å². The lowest BCUT2D eigenvalue weighted by molar-refractivity contribution is -0.130. The lowest BCUT2D eigenvalue weighted by Crippen LogP contribution is -2.55. The second-order valence-electron chi connectivity index (χ2n) is 7.06. The molecule has 1 saturated carbocycles. The zero-order valence-corrected chi connectivity index (χ0v) is 14.8. The van der Waals surface area contributed by atoms with Crippen LogP contribution in [0.1, 0.15) is 43.7 Å². The van der Waals surface area contributed by atoms with Crippen molar-refractivity contribution in [1.82, 2.24) is 10.3 Å². The Morgan fingerprint density at radius 1 is 1.46 bits per heavy atom. The van der Waals surface area contributed by atoms with Crippen molar-refractivity contribution in [2.45, 2.75) is 57.0 Å². The fraction of sp³-hybridized carbons (Fsp3) is 0.611. The third-order valence-electron chi connectivity index (χ3n) is 5.35. The van der Waals surface area contributed by atoms with Gasteiger partial charge in [-0.2, -0.15) is 5.26 Å². The van der Waals surface area contributed by atoms with Crippen LogP contribution in [0.25, 0.3) is 0 Å². The molecule has 0 aromatic carbocycles. The van der Waals surface area contributed by atoms with E-state index in [0.29, 0.717) is 17.3 Å². The molecule has 1 amide bonds. The molecule has 2 heterocycles. The number of alkyl halides is 1. The second kappa shape index (κ2) is 6.98. The van der Waals surface area contributed by atoms with Crippen molar-refractivity contribution in [2.24, 2.45) is 11.8 Å². The van der Waals surface area contributed by atoms with E-state index in [1.807, 2.05) is 19.9 Å². The summed E-state index contributed by atoms with van der Waals surface area (Å²) in [5.41, 5.74) is 1.45. The Labute approximate surface area is 147 Å². The Hall–Kier alpha value is -1.80. The molecule has 4 unspecified atom stereocenters. The number of pyridine rings is 1.